The molecule has 2 heterocycles. The Morgan fingerprint density at radius 3 is 2.83 bits per heavy atom. The number of amides is 1. The van der Waals surface area contributed by atoms with Crippen molar-refractivity contribution in [2.45, 2.75) is 25.3 Å². The van der Waals surface area contributed by atoms with Crippen molar-refractivity contribution in [2.24, 2.45) is 0 Å². The molecule has 6 heteroatoms. The highest BCUT2D eigenvalue weighted by Gasteiger charge is 2.20. The van der Waals surface area contributed by atoms with Crippen LogP contribution in [0.3, 0.4) is 0 Å². The van der Waals surface area contributed by atoms with Gasteiger partial charge >= 0.3 is 0 Å². The van der Waals surface area contributed by atoms with Gasteiger partial charge in [0.2, 0.25) is 5.91 Å². The van der Waals surface area contributed by atoms with Crippen molar-refractivity contribution in [1.82, 2.24) is 15.5 Å². The van der Waals surface area contributed by atoms with Crippen molar-refractivity contribution in [3.63, 3.8) is 0 Å². The molecule has 2 N–H and O–H groups in total. The summed E-state index contributed by atoms with van der Waals surface area (Å²) in [5.41, 5.74) is 0. The van der Waals surface area contributed by atoms with E-state index < -0.39 is 10.8 Å². The van der Waals surface area contributed by atoms with E-state index in [-0.39, 0.29) is 11.9 Å². The molecule has 104 valence electrons. The molecule has 2 aliphatic heterocycles. The first-order valence-electron chi connectivity index (χ1n) is 6.81. The van der Waals surface area contributed by atoms with Crippen molar-refractivity contribution >= 4 is 16.7 Å². The summed E-state index contributed by atoms with van der Waals surface area (Å²) in [7, 11) is -0.654. The summed E-state index contributed by atoms with van der Waals surface area (Å²) < 4.78 is 11.2. The van der Waals surface area contributed by atoms with Gasteiger partial charge in [0, 0.05) is 41.4 Å². The molecule has 0 radical (unpaired) electrons. The maximum atomic E-state index is 11.9. The molecule has 2 fully saturated rings. The van der Waals surface area contributed by atoms with E-state index in [1.165, 1.54) is 0 Å². The van der Waals surface area contributed by atoms with Crippen LogP contribution in [0.5, 0.6) is 0 Å². The van der Waals surface area contributed by atoms with E-state index in [1.54, 1.807) is 0 Å². The van der Waals surface area contributed by atoms with Crippen LogP contribution in [0.4, 0.5) is 0 Å². The van der Waals surface area contributed by atoms with Gasteiger partial charge in [-0.05, 0) is 32.4 Å². The number of nitrogens with zero attached hydrogens (tertiary/aromatic N) is 1. The summed E-state index contributed by atoms with van der Waals surface area (Å²) in [6.07, 6.45) is 2.83. The van der Waals surface area contributed by atoms with Crippen LogP contribution in [-0.2, 0) is 15.6 Å². The Balaban J connectivity index is 1.69. The number of carbonyl (C=O) groups is 1. The van der Waals surface area contributed by atoms with E-state index in [9.17, 15) is 9.00 Å². The first-order chi connectivity index (χ1) is 8.74. The molecule has 0 aromatic heterocycles. The van der Waals surface area contributed by atoms with E-state index >= 15 is 0 Å². The fourth-order valence-electron chi connectivity index (χ4n) is 2.47. The molecular formula is C12H23N3O2S. The SMILES string of the molecule is O=C(CN1CCCNCC1)NC1CCS(=O)CC1. The monoisotopic (exact) mass is 273 g/mol. The largest absolute Gasteiger partial charge is 0.352 e. The summed E-state index contributed by atoms with van der Waals surface area (Å²) in [5.74, 6) is 1.59. The Morgan fingerprint density at radius 2 is 2.06 bits per heavy atom. The normalized spacial score (nSPS) is 30.7. The Morgan fingerprint density at radius 1 is 1.28 bits per heavy atom. The van der Waals surface area contributed by atoms with Gasteiger partial charge < -0.3 is 10.6 Å². The predicted molar refractivity (Wildman–Crippen MR) is 73.0 cm³/mol. The lowest BCUT2D eigenvalue weighted by atomic mass is 10.1. The zero-order valence-electron chi connectivity index (χ0n) is 10.8. The maximum absolute atomic E-state index is 11.9. The highest BCUT2D eigenvalue weighted by molar-refractivity contribution is 7.85. The van der Waals surface area contributed by atoms with Crippen LogP contribution in [-0.4, -0.2) is 65.3 Å². The Hall–Kier alpha value is -0.460. The molecule has 1 amide bonds. The quantitative estimate of drug-likeness (QED) is 0.714. The third-order valence-electron chi connectivity index (χ3n) is 3.55. The molecule has 2 rings (SSSR count). The second-order valence-corrected chi connectivity index (χ2v) is 6.77. The summed E-state index contributed by atoms with van der Waals surface area (Å²) in [4.78, 5) is 14.1. The minimum Gasteiger partial charge on any atom is -0.352 e. The predicted octanol–water partition coefficient (Wildman–Crippen LogP) is -0.691. The fourth-order valence-corrected chi connectivity index (χ4v) is 3.77. The second kappa shape index (κ2) is 7.21. The molecule has 18 heavy (non-hydrogen) atoms. The van der Waals surface area contributed by atoms with E-state index in [1.807, 2.05) is 0 Å². The molecule has 0 unspecified atom stereocenters. The molecule has 2 saturated heterocycles. The van der Waals surface area contributed by atoms with Crippen molar-refractivity contribution in [1.29, 1.82) is 0 Å². The molecule has 0 aromatic carbocycles. The Kier molecular flexibility index (Phi) is 5.59. The molecule has 5 nitrogen and oxygen atoms in total. The topological polar surface area (TPSA) is 61.4 Å². The first-order valence-corrected chi connectivity index (χ1v) is 8.30. The molecule has 0 aromatic rings. The minimum atomic E-state index is -0.654. The van der Waals surface area contributed by atoms with Crippen molar-refractivity contribution in [3.05, 3.63) is 0 Å². The van der Waals surface area contributed by atoms with Gasteiger partial charge in [0.15, 0.2) is 0 Å². The van der Waals surface area contributed by atoms with Gasteiger partial charge in [-0.15, -0.1) is 0 Å². The van der Waals surface area contributed by atoms with Gasteiger partial charge in [-0.25, -0.2) is 0 Å². The molecule has 0 aliphatic carbocycles. The molecule has 2 aliphatic rings. The number of rotatable bonds is 3. The van der Waals surface area contributed by atoms with Gasteiger partial charge in [0.1, 0.15) is 0 Å². The zero-order chi connectivity index (χ0) is 12.8. The highest BCUT2D eigenvalue weighted by atomic mass is 32.2. The summed E-state index contributed by atoms with van der Waals surface area (Å²) >= 11 is 0. The molecule has 0 saturated carbocycles. The van der Waals surface area contributed by atoms with Gasteiger partial charge in [-0.2, -0.15) is 0 Å². The van der Waals surface area contributed by atoms with Crippen LogP contribution >= 0.6 is 0 Å². The third-order valence-corrected chi connectivity index (χ3v) is 4.94. The standard InChI is InChI=1S/C12H23N3O2S/c16-12(10-15-6-1-4-13-5-7-15)14-11-2-8-18(17)9-3-11/h11,13H,1-10H2,(H,14,16). The molecule has 0 spiro atoms. The lowest BCUT2D eigenvalue weighted by molar-refractivity contribution is -0.123. The van der Waals surface area contributed by atoms with E-state index in [0.29, 0.717) is 6.54 Å². The van der Waals surface area contributed by atoms with Crippen LogP contribution in [0.1, 0.15) is 19.3 Å². The molecular weight excluding hydrogens is 250 g/mol. The average Bonchev–Trinajstić information content (AvgIpc) is 2.61. The summed E-state index contributed by atoms with van der Waals surface area (Å²) in [6.45, 7) is 4.46. The van der Waals surface area contributed by atoms with Gasteiger partial charge in [-0.1, -0.05) is 0 Å². The summed E-state index contributed by atoms with van der Waals surface area (Å²) in [5, 5.41) is 6.40. The number of hydrogen-bond acceptors (Lipinski definition) is 4. The third kappa shape index (κ3) is 4.66. The molecule has 0 atom stereocenters. The van der Waals surface area contributed by atoms with Crippen molar-refractivity contribution < 1.29 is 9.00 Å². The van der Waals surface area contributed by atoms with Gasteiger partial charge in [-0.3, -0.25) is 13.9 Å². The van der Waals surface area contributed by atoms with Gasteiger partial charge in [0.25, 0.3) is 0 Å². The number of carbonyl (C=O) groups excluding carboxylic acids is 1. The van der Waals surface area contributed by atoms with E-state index in [2.05, 4.69) is 15.5 Å². The number of hydrogen-bond donors (Lipinski definition) is 2. The van der Waals surface area contributed by atoms with Gasteiger partial charge in [0.05, 0.1) is 6.54 Å². The van der Waals surface area contributed by atoms with E-state index in [4.69, 9.17) is 0 Å². The summed E-state index contributed by atoms with van der Waals surface area (Å²) in [6, 6.07) is 0.236. The molecule has 0 bridgehead atoms. The zero-order valence-corrected chi connectivity index (χ0v) is 11.6. The fraction of sp³-hybridized carbons (Fsp3) is 0.917. The Labute approximate surface area is 111 Å². The van der Waals surface area contributed by atoms with Crippen LogP contribution in [0.25, 0.3) is 0 Å². The van der Waals surface area contributed by atoms with Crippen LogP contribution < -0.4 is 10.6 Å². The maximum Gasteiger partial charge on any atom is 0.234 e. The lowest BCUT2D eigenvalue weighted by Gasteiger charge is -2.25. The van der Waals surface area contributed by atoms with Crippen LogP contribution in [0, 0.1) is 0 Å². The average molecular weight is 273 g/mol. The van der Waals surface area contributed by atoms with Crippen LogP contribution in [0.15, 0.2) is 0 Å². The smallest absolute Gasteiger partial charge is 0.234 e. The lowest BCUT2D eigenvalue weighted by Crippen LogP contribution is -2.45. The van der Waals surface area contributed by atoms with Crippen molar-refractivity contribution in [2.75, 3.05) is 44.2 Å². The van der Waals surface area contributed by atoms with Crippen LogP contribution in [0.2, 0.25) is 0 Å². The first kappa shape index (κ1) is 14.0. The Bertz CT molecular complexity index is 294. The minimum absolute atomic E-state index is 0.120. The second-order valence-electron chi connectivity index (χ2n) is 5.07. The number of nitrogens with one attached hydrogen (secondary N) is 2. The highest BCUT2D eigenvalue weighted by Crippen LogP contribution is 2.09. The van der Waals surface area contributed by atoms with E-state index in [0.717, 1.165) is 56.9 Å². The van der Waals surface area contributed by atoms with Crippen molar-refractivity contribution in [3.8, 4) is 0 Å².